The molecule has 2 unspecified atom stereocenters. The maximum Gasteiger partial charge on any atom is 0.0668 e. The van der Waals surface area contributed by atoms with E-state index in [1.54, 1.807) is 0 Å². The van der Waals surface area contributed by atoms with Gasteiger partial charge in [-0.15, -0.1) is 0 Å². The van der Waals surface area contributed by atoms with Crippen LogP contribution in [-0.2, 0) is 4.74 Å². The molecule has 0 bridgehead atoms. The summed E-state index contributed by atoms with van der Waals surface area (Å²) in [6.07, 6.45) is 3.04. The molecule has 0 amide bonds. The molecule has 4 heteroatoms. The highest BCUT2D eigenvalue weighted by Crippen LogP contribution is 2.21. The molecule has 100 valence electrons. The van der Waals surface area contributed by atoms with Gasteiger partial charge < -0.3 is 15.0 Å². The van der Waals surface area contributed by atoms with Crippen molar-refractivity contribution < 1.29 is 4.74 Å². The van der Waals surface area contributed by atoms with E-state index in [0.717, 1.165) is 31.9 Å². The number of hydrogen-bond donors (Lipinski definition) is 1. The van der Waals surface area contributed by atoms with E-state index in [0.29, 0.717) is 12.1 Å². The molecular formula is C14H23N3O. The van der Waals surface area contributed by atoms with E-state index in [-0.39, 0.29) is 0 Å². The van der Waals surface area contributed by atoms with Gasteiger partial charge in [-0.25, -0.2) is 0 Å². The Hall–Kier alpha value is -1.13. The van der Waals surface area contributed by atoms with E-state index < -0.39 is 0 Å². The molecule has 1 fully saturated rings. The minimum atomic E-state index is 0.348. The second kappa shape index (κ2) is 6.16. The molecule has 4 nitrogen and oxygen atoms in total. The maximum atomic E-state index is 5.46. The largest absolute Gasteiger partial charge is 0.377 e. The summed E-state index contributed by atoms with van der Waals surface area (Å²) in [5.41, 5.74) is 2.31. The Kier molecular flexibility index (Phi) is 4.55. The minimum absolute atomic E-state index is 0.348. The van der Waals surface area contributed by atoms with Crippen molar-refractivity contribution >= 4 is 5.69 Å². The highest BCUT2D eigenvalue weighted by Gasteiger charge is 2.19. The molecule has 0 aliphatic carbocycles. The molecule has 1 aromatic heterocycles. The Balaban J connectivity index is 2.11. The van der Waals surface area contributed by atoms with Gasteiger partial charge in [0.25, 0.3) is 0 Å². The first-order chi connectivity index (χ1) is 8.76. The smallest absolute Gasteiger partial charge is 0.0668 e. The van der Waals surface area contributed by atoms with Crippen molar-refractivity contribution in [1.29, 1.82) is 0 Å². The van der Waals surface area contributed by atoms with Crippen molar-refractivity contribution in [3.63, 3.8) is 0 Å². The van der Waals surface area contributed by atoms with E-state index in [9.17, 15) is 0 Å². The van der Waals surface area contributed by atoms with E-state index in [4.69, 9.17) is 4.74 Å². The summed E-state index contributed by atoms with van der Waals surface area (Å²) in [6, 6.07) is 5.07. The van der Waals surface area contributed by atoms with Crippen molar-refractivity contribution in [2.75, 3.05) is 31.7 Å². The number of morpholine rings is 1. The molecule has 1 aromatic rings. The standard InChI is InChI=1S/C14H23N3O/c1-4-13(15-3)14-6-5-12(9-16-14)17-7-8-18-10-11(17)2/h5-6,9,11,13,15H,4,7-8,10H2,1-3H3. The van der Waals surface area contributed by atoms with Gasteiger partial charge in [-0.2, -0.15) is 0 Å². The number of hydrogen-bond acceptors (Lipinski definition) is 4. The van der Waals surface area contributed by atoms with Crippen molar-refractivity contribution in [1.82, 2.24) is 10.3 Å². The van der Waals surface area contributed by atoms with Crippen molar-refractivity contribution in [2.24, 2.45) is 0 Å². The van der Waals surface area contributed by atoms with Crippen LogP contribution in [-0.4, -0.2) is 37.8 Å². The van der Waals surface area contributed by atoms with Gasteiger partial charge in [-0.05, 0) is 32.5 Å². The van der Waals surface area contributed by atoms with Gasteiger partial charge in [0.15, 0.2) is 0 Å². The highest BCUT2D eigenvalue weighted by molar-refractivity contribution is 5.46. The average molecular weight is 249 g/mol. The van der Waals surface area contributed by atoms with Gasteiger partial charge >= 0.3 is 0 Å². The first kappa shape index (κ1) is 13.3. The normalized spacial score (nSPS) is 21.9. The summed E-state index contributed by atoms with van der Waals surface area (Å²) in [4.78, 5) is 6.95. The van der Waals surface area contributed by atoms with Crippen molar-refractivity contribution in [3.8, 4) is 0 Å². The van der Waals surface area contributed by atoms with E-state index in [2.05, 4.69) is 41.2 Å². The van der Waals surface area contributed by atoms with Crippen molar-refractivity contribution in [3.05, 3.63) is 24.0 Å². The third kappa shape index (κ3) is 2.82. The molecule has 2 atom stereocenters. The van der Waals surface area contributed by atoms with Gasteiger partial charge in [0.1, 0.15) is 0 Å². The average Bonchev–Trinajstić information content (AvgIpc) is 2.42. The Bertz CT molecular complexity index is 362. The van der Waals surface area contributed by atoms with E-state index in [1.165, 1.54) is 5.69 Å². The fourth-order valence-corrected chi connectivity index (χ4v) is 2.45. The molecule has 1 aliphatic rings. The first-order valence-electron chi connectivity index (χ1n) is 6.73. The molecule has 18 heavy (non-hydrogen) atoms. The van der Waals surface area contributed by atoms with Crippen LogP contribution in [0.15, 0.2) is 18.3 Å². The van der Waals surface area contributed by atoms with Gasteiger partial charge in [-0.3, -0.25) is 4.98 Å². The van der Waals surface area contributed by atoms with Gasteiger partial charge in [0.2, 0.25) is 0 Å². The van der Waals surface area contributed by atoms with Crippen LogP contribution in [0.3, 0.4) is 0 Å². The molecule has 1 saturated heterocycles. The summed E-state index contributed by atoms with van der Waals surface area (Å²) < 4.78 is 5.46. The molecule has 0 spiro atoms. The third-order valence-electron chi connectivity index (χ3n) is 3.58. The highest BCUT2D eigenvalue weighted by atomic mass is 16.5. The zero-order chi connectivity index (χ0) is 13.0. The topological polar surface area (TPSA) is 37.4 Å². The Morgan fingerprint density at radius 2 is 2.39 bits per heavy atom. The Morgan fingerprint density at radius 1 is 1.56 bits per heavy atom. The molecule has 0 saturated carbocycles. The number of ether oxygens (including phenoxy) is 1. The maximum absolute atomic E-state index is 5.46. The molecule has 1 N–H and O–H groups in total. The molecule has 2 rings (SSSR count). The van der Waals surface area contributed by atoms with Crippen LogP contribution in [0.2, 0.25) is 0 Å². The Morgan fingerprint density at radius 3 is 2.94 bits per heavy atom. The van der Waals surface area contributed by atoms with Gasteiger partial charge in [0.05, 0.1) is 30.8 Å². The quantitative estimate of drug-likeness (QED) is 0.885. The van der Waals surface area contributed by atoms with Crippen molar-refractivity contribution in [2.45, 2.75) is 32.4 Å². The molecular weight excluding hydrogens is 226 g/mol. The van der Waals surface area contributed by atoms with Crippen LogP contribution in [0.1, 0.15) is 32.0 Å². The van der Waals surface area contributed by atoms with Crippen LogP contribution >= 0.6 is 0 Å². The number of aromatic nitrogens is 1. The lowest BCUT2D eigenvalue weighted by molar-refractivity contribution is 0.0989. The predicted molar refractivity (Wildman–Crippen MR) is 74.0 cm³/mol. The summed E-state index contributed by atoms with van der Waals surface area (Å²) in [5.74, 6) is 0. The van der Waals surface area contributed by atoms with Gasteiger partial charge in [-0.1, -0.05) is 6.92 Å². The number of rotatable bonds is 4. The number of pyridine rings is 1. The van der Waals surface area contributed by atoms with Crippen LogP contribution in [0, 0.1) is 0 Å². The van der Waals surface area contributed by atoms with Crippen LogP contribution in [0.4, 0.5) is 5.69 Å². The zero-order valence-corrected chi connectivity index (χ0v) is 11.5. The van der Waals surface area contributed by atoms with Crippen LogP contribution in [0.5, 0.6) is 0 Å². The summed E-state index contributed by atoms with van der Waals surface area (Å²) in [7, 11) is 1.98. The van der Waals surface area contributed by atoms with E-state index >= 15 is 0 Å². The summed E-state index contributed by atoms with van der Waals surface area (Å²) >= 11 is 0. The SMILES string of the molecule is CCC(NC)c1ccc(N2CCOCC2C)cn1. The lowest BCUT2D eigenvalue weighted by Gasteiger charge is -2.35. The lowest BCUT2D eigenvalue weighted by atomic mass is 10.1. The lowest BCUT2D eigenvalue weighted by Crippen LogP contribution is -2.43. The summed E-state index contributed by atoms with van der Waals surface area (Å²) in [6.45, 7) is 6.91. The molecule has 1 aliphatic heterocycles. The minimum Gasteiger partial charge on any atom is -0.377 e. The Labute approximate surface area is 109 Å². The number of nitrogens with one attached hydrogen (secondary N) is 1. The first-order valence-corrected chi connectivity index (χ1v) is 6.73. The second-order valence-electron chi connectivity index (χ2n) is 4.81. The van der Waals surface area contributed by atoms with Gasteiger partial charge in [0, 0.05) is 18.6 Å². The monoisotopic (exact) mass is 249 g/mol. The molecule has 0 aromatic carbocycles. The summed E-state index contributed by atoms with van der Waals surface area (Å²) in [5, 5.41) is 3.28. The number of anilines is 1. The second-order valence-corrected chi connectivity index (χ2v) is 4.81. The van der Waals surface area contributed by atoms with Crippen LogP contribution < -0.4 is 10.2 Å². The fourth-order valence-electron chi connectivity index (χ4n) is 2.45. The molecule has 0 radical (unpaired) electrons. The van der Waals surface area contributed by atoms with Crippen LogP contribution in [0.25, 0.3) is 0 Å². The zero-order valence-electron chi connectivity index (χ0n) is 11.5. The predicted octanol–water partition coefficient (Wildman–Crippen LogP) is 1.98. The third-order valence-corrected chi connectivity index (χ3v) is 3.58. The molecule has 2 heterocycles. The van der Waals surface area contributed by atoms with E-state index in [1.807, 2.05) is 13.2 Å². The number of nitrogens with zero attached hydrogens (tertiary/aromatic N) is 2. The fraction of sp³-hybridized carbons (Fsp3) is 0.643.